The van der Waals surface area contributed by atoms with Crippen molar-refractivity contribution in [3.8, 4) is 0 Å². The van der Waals surface area contributed by atoms with Gasteiger partial charge in [-0.25, -0.2) is 4.98 Å². The molecule has 8 heteroatoms. The van der Waals surface area contributed by atoms with Gasteiger partial charge < -0.3 is 16.0 Å². The highest BCUT2D eigenvalue weighted by atomic mass is 32.1. The smallest absolute Gasteiger partial charge is 0.272 e. The summed E-state index contributed by atoms with van der Waals surface area (Å²) in [5.74, 6) is -0.870. The minimum atomic E-state index is -0.356. The van der Waals surface area contributed by atoms with Crippen molar-refractivity contribution < 1.29 is 14.4 Å². The maximum Gasteiger partial charge on any atom is 0.272 e. The largest absolute Gasteiger partial charge is 0.351 e. The Kier molecular flexibility index (Phi) is 7.15. The fourth-order valence-corrected chi connectivity index (χ4v) is 3.88. The van der Waals surface area contributed by atoms with Crippen LogP contribution >= 0.6 is 11.3 Å². The van der Waals surface area contributed by atoms with Gasteiger partial charge in [0.05, 0.1) is 5.01 Å². The van der Waals surface area contributed by atoms with Crippen LogP contribution in [0.1, 0.15) is 50.8 Å². The number of aryl methyl sites for hydroxylation is 1. The molecular weight excluding hydrogens is 412 g/mol. The summed E-state index contributed by atoms with van der Waals surface area (Å²) in [7, 11) is 0. The Morgan fingerprint density at radius 1 is 0.935 bits per heavy atom. The van der Waals surface area contributed by atoms with Crippen LogP contribution < -0.4 is 16.0 Å². The number of nitrogens with zero attached hydrogens (tertiary/aromatic N) is 1. The molecule has 160 valence electrons. The van der Waals surface area contributed by atoms with Crippen molar-refractivity contribution in [1.82, 2.24) is 10.3 Å². The highest BCUT2D eigenvalue weighted by Crippen LogP contribution is 2.27. The third-order valence-corrected chi connectivity index (χ3v) is 5.37. The maximum absolute atomic E-state index is 12.7. The first kappa shape index (κ1) is 22.2. The minimum absolute atomic E-state index is 0.186. The first-order valence-electron chi connectivity index (χ1n) is 9.88. The molecule has 0 radical (unpaired) electrons. The van der Waals surface area contributed by atoms with E-state index in [0.29, 0.717) is 29.2 Å². The van der Waals surface area contributed by atoms with E-state index in [1.54, 1.807) is 24.3 Å². The third kappa shape index (κ3) is 5.99. The van der Waals surface area contributed by atoms with Gasteiger partial charge in [0, 0.05) is 31.1 Å². The molecule has 3 amide bonds. The fourth-order valence-electron chi connectivity index (χ4n) is 2.89. The summed E-state index contributed by atoms with van der Waals surface area (Å²) in [6, 6.07) is 14.6. The van der Waals surface area contributed by atoms with Crippen molar-refractivity contribution in [2.75, 3.05) is 17.2 Å². The summed E-state index contributed by atoms with van der Waals surface area (Å²) < 4.78 is 0. The molecule has 0 aliphatic carbocycles. The number of anilines is 2. The van der Waals surface area contributed by atoms with Gasteiger partial charge in [-0.1, -0.05) is 29.8 Å². The topological polar surface area (TPSA) is 100 Å². The van der Waals surface area contributed by atoms with Gasteiger partial charge in [-0.2, -0.15) is 0 Å². The molecule has 3 rings (SSSR count). The number of carbonyl (C=O) groups excluding carboxylic acids is 3. The van der Waals surface area contributed by atoms with E-state index in [-0.39, 0.29) is 23.4 Å². The zero-order chi connectivity index (χ0) is 22.4. The molecule has 1 aromatic heterocycles. The number of amides is 3. The Morgan fingerprint density at radius 3 is 2.23 bits per heavy atom. The SMILES string of the molecule is CCNC(=O)c1nc(Cc2ccc(C)cc2)sc1NC(=O)c1ccc(NC(C)=O)cc1. The number of hydrogen-bond donors (Lipinski definition) is 3. The number of carbonyl (C=O) groups is 3. The Morgan fingerprint density at radius 2 is 1.61 bits per heavy atom. The van der Waals surface area contributed by atoms with E-state index in [4.69, 9.17) is 0 Å². The molecule has 2 aromatic carbocycles. The van der Waals surface area contributed by atoms with E-state index in [2.05, 4.69) is 20.9 Å². The van der Waals surface area contributed by atoms with E-state index in [1.165, 1.54) is 23.8 Å². The highest BCUT2D eigenvalue weighted by Gasteiger charge is 2.20. The second-order valence-electron chi connectivity index (χ2n) is 7.02. The molecule has 1 heterocycles. The average molecular weight is 437 g/mol. The van der Waals surface area contributed by atoms with E-state index in [9.17, 15) is 14.4 Å². The zero-order valence-electron chi connectivity index (χ0n) is 17.6. The monoisotopic (exact) mass is 436 g/mol. The van der Waals surface area contributed by atoms with Crippen molar-refractivity contribution in [2.24, 2.45) is 0 Å². The third-order valence-electron chi connectivity index (χ3n) is 4.39. The van der Waals surface area contributed by atoms with Crippen LogP contribution in [0.4, 0.5) is 10.7 Å². The quantitative estimate of drug-likeness (QED) is 0.521. The predicted molar refractivity (Wildman–Crippen MR) is 123 cm³/mol. The summed E-state index contributed by atoms with van der Waals surface area (Å²) >= 11 is 1.29. The zero-order valence-corrected chi connectivity index (χ0v) is 18.4. The normalized spacial score (nSPS) is 10.4. The molecule has 0 bridgehead atoms. The van der Waals surface area contributed by atoms with Gasteiger partial charge in [0.15, 0.2) is 5.69 Å². The minimum Gasteiger partial charge on any atom is -0.351 e. The predicted octanol–water partition coefficient (Wildman–Crippen LogP) is 4.00. The highest BCUT2D eigenvalue weighted by molar-refractivity contribution is 7.16. The first-order valence-corrected chi connectivity index (χ1v) is 10.7. The van der Waals surface area contributed by atoms with E-state index >= 15 is 0 Å². The Balaban J connectivity index is 1.81. The standard InChI is InChI=1S/C23H24N4O3S/c1-4-24-22(30)20-23(31-19(26-20)13-16-7-5-14(2)6-8-16)27-21(29)17-9-11-18(12-10-17)25-15(3)28/h5-12H,4,13H2,1-3H3,(H,24,30)(H,25,28)(H,27,29). The van der Waals surface area contributed by atoms with E-state index in [0.717, 1.165) is 10.6 Å². The van der Waals surface area contributed by atoms with Crippen LogP contribution in [-0.2, 0) is 11.2 Å². The van der Waals surface area contributed by atoms with Gasteiger partial charge in [-0.05, 0) is 43.7 Å². The van der Waals surface area contributed by atoms with Crippen molar-refractivity contribution in [2.45, 2.75) is 27.2 Å². The first-order chi connectivity index (χ1) is 14.9. The average Bonchev–Trinajstić information content (AvgIpc) is 3.12. The van der Waals surface area contributed by atoms with Crippen LogP contribution in [-0.4, -0.2) is 29.3 Å². The molecule has 31 heavy (non-hydrogen) atoms. The molecule has 0 aliphatic heterocycles. The number of benzene rings is 2. The molecule has 0 spiro atoms. The summed E-state index contributed by atoms with van der Waals surface area (Å²) in [5.41, 5.74) is 3.46. The molecule has 0 aliphatic rings. The maximum atomic E-state index is 12.7. The van der Waals surface area contributed by atoms with E-state index in [1.807, 2.05) is 38.1 Å². The van der Waals surface area contributed by atoms with Crippen molar-refractivity contribution in [1.29, 1.82) is 0 Å². The Hall–Kier alpha value is -3.52. The van der Waals surface area contributed by atoms with Crippen LogP contribution in [0, 0.1) is 6.92 Å². The molecule has 0 fully saturated rings. The van der Waals surface area contributed by atoms with Crippen molar-refractivity contribution in [3.63, 3.8) is 0 Å². The fraction of sp³-hybridized carbons (Fsp3) is 0.217. The van der Waals surface area contributed by atoms with Crippen LogP contribution in [0.25, 0.3) is 0 Å². The summed E-state index contributed by atoms with van der Waals surface area (Å²) in [5, 5.41) is 9.35. The molecule has 0 atom stereocenters. The summed E-state index contributed by atoms with van der Waals surface area (Å²) in [6.45, 7) is 5.73. The van der Waals surface area contributed by atoms with Crippen LogP contribution in [0.5, 0.6) is 0 Å². The lowest BCUT2D eigenvalue weighted by molar-refractivity contribution is -0.114. The molecular formula is C23H24N4O3S. The molecule has 0 saturated heterocycles. The summed E-state index contributed by atoms with van der Waals surface area (Å²) in [4.78, 5) is 40.8. The van der Waals surface area contributed by atoms with Gasteiger partial charge in [0.2, 0.25) is 5.91 Å². The van der Waals surface area contributed by atoms with Gasteiger partial charge in [-0.15, -0.1) is 11.3 Å². The number of aromatic nitrogens is 1. The lowest BCUT2D eigenvalue weighted by Crippen LogP contribution is -2.24. The second kappa shape index (κ2) is 9.99. The van der Waals surface area contributed by atoms with Gasteiger partial charge in [0.25, 0.3) is 11.8 Å². The molecule has 0 saturated carbocycles. The number of thiazole rings is 1. The van der Waals surface area contributed by atoms with Gasteiger partial charge >= 0.3 is 0 Å². The molecule has 3 aromatic rings. The van der Waals surface area contributed by atoms with Crippen LogP contribution in [0.3, 0.4) is 0 Å². The number of nitrogens with one attached hydrogen (secondary N) is 3. The lowest BCUT2D eigenvalue weighted by atomic mass is 10.1. The Bertz CT molecular complexity index is 1090. The lowest BCUT2D eigenvalue weighted by Gasteiger charge is -2.06. The van der Waals surface area contributed by atoms with E-state index < -0.39 is 0 Å². The van der Waals surface area contributed by atoms with Crippen LogP contribution in [0.2, 0.25) is 0 Å². The second-order valence-corrected chi connectivity index (χ2v) is 8.10. The van der Waals surface area contributed by atoms with Crippen LogP contribution in [0.15, 0.2) is 48.5 Å². The Labute approximate surface area is 184 Å². The number of rotatable bonds is 7. The van der Waals surface area contributed by atoms with Gasteiger partial charge in [-0.3, -0.25) is 14.4 Å². The van der Waals surface area contributed by atoms with Crippen molar-refractivity contribution in [3.05, 3.63) is 75.9 Å². The molecule has 3 N–H and O–H groups in total. The molecule has 7 nitrogen and oxygen atoms in total. The molecule has 0 unspecified atom stereocenters. The summed E-state index contributed by atoms with van der Waals surface area (Å²) in [6.07, 6.45) is 0.568. The van der Waals surface area contributed by atoms with Crippen molar-refractivity contribution >= 4 is 39.7 Å². The number of hydrogen-bond acceptors (Lipinski definition) is 5. The van der Waals surface area contributed by atoms with Gasteiger partial charge in [0.1, 0.15) is 5.00 Å².